The predicted molar refractivity (Wildman–Crippen MR) is 70.1 cm³/mol. The van der Waals surface area contributed by atoms with E-state index in [4.69, 9.17) is 17.3 Å². The van der Waals surface area contributed by atoms with Crippen LogP contribution < -0.4 is 11.1 Å². The molecule has 2 rings (SSSR count). The van der Waals surface area contributed by atoms with Crippen LogP contribution in [-0.2, 0) is 9.84 Å². The molecular formula is C11H15ClN2O2S. The number of benzene rings is 1. The first-order valence-corrected chi connectivity index (χ1v) is 7.60. The molecule has 0 radical (unpaired) electrons. The molecule has 0 aliphatic carbocycles. The Morgan fingerprint density at radius 3 is 2.65 bits per heavy atom. The third kappa shape index (κ3) is 2.73. The Morgan fingerprint density at radius 1 is 1.41 bits per heavy atom. The van der Waals surface area contributed by atoms with Crippen LogP contribution in [0.5, 0.6) is 0 Å². The standard InChI is InChI=1S/C11H15ClN2O2S/c12-9-3-1-2-4-10(9)14-11(7-13)5-6-17(15,16)8-11/h1-4,14H,5-8,13H2. The van der Waals surface area contributed by atoms with Crippen molar-refractivity contribution in [1.82, 2.24) is 0 Å². The smallest absolute Gasteiger partial charge is 0.152 e. The van der Waals surface area contributed by atoms with Gasteiger partial charge in [-0.1, -0.05) is 23.7 Å². The van der Waals surface area contributed by atoms with Gasteiger partial charge in [0, 0.05) is 6.54 Å². The molecule has 1 atom stereocenters. The zero-order valence-electron chi connectivity index (χ0n) is 9.32. The van der Waals surface area contributed by atoms with E-state index in [0.29, 0.717) is 11.4 Å². The molecule has 1 aliphatic rings. The Kier molecular flexibility index (Phi) is 3.34. The molecule has 1 unspecified atom stereocenters. The van der Waals surface area contributed by atoms with Crippen molar-refractivity contribution >= 4 is 27.1 Å². The van der Waals surface area contributed by atoms with E-state index in [0.717, 1.165) is 5.69 Å². The lowest BCUT2D eigenvalue weighted by atomic mass is 9.99. The second-order valence-electron chi connectivity index (χ2n) is 4.43. The Hall–Kier alpha value is -0.780. The van der Waals surface area contributed by atoms with Crippen molar-refractivity contribution in [3.05, 3.63) is 29.3 Å². The van der Waals surface area contributed by atoms with E-state index in [1.807, 2.05) is 18.2 Å². The number of anilines is 1. The van der Waals surface area contributed by atoms with Crippen LogP contribution in [0.15, 0.2) is 24.3 Å². The fourth-order valence-electron chi connectivity index (χ4n) is 2.08. The molecule has 1 saturated heterocycles. The van der Waals surface area contributed by atoms with Crippen molar-refractivity contribution in [1.29, 1.82) is 0 Å². The van der Waals surface area contributed by atoms with Crippen molar-refractivity contribution < 1.29 is 8.42 Å². The van der Waals surface area contributed by atoms with E-state index in [1.165, 1.54) is 0 Å². The van der Waals surface area contributed by atoms with E-state index in [-0.39, 0.29) is 18.1 Å². The maximum Gasteiger partial charge on any atom is 0.152 e. The summed E-state index contributed by atoms with van der Waals surface area (Å²) in [5.74, 6) is 0.253. The molecule has 1 fully saturated rings. The number of nitrogens with one attached hydrogen (secondary N) is 1. The summed E-state index contributed by atoms with van der Waals surface area (Å²) in [6.07, 6.45) is 0.525. The molecule has 6 heteroatoms. The fourth-order valence-corrected chi connectivity index (χ4v) is 4.28. The lowest BCUT2D eigenvalue weighted by Crippen LogP contribution is -2.46. The molecule has 1 aromatic carbocycles. The molecule has 0 bridgehead atoms. The summed E-state index contributed by atoms with van der Waals surface area (Å²) >= 11 is 6.04. The van der Waals surface area contributed by atoms with Crippen LogP contribution in [0.2, 0.25) is 5.02 Å². The number of sulfone groups is 1. The van der Waals surface area contributed by atoms with Crippen LogP contribution in [0.4, 0.5) is 5.69 Å². The molecule has 0 amide bonds. The monoisotopic (exact) mass is 274 g/mol. The Balaban J connectivity index is 2.25. The Labute approximate surface area is 106 Å². The summed E-state index contributed by atoms with van der Waals surface area (Å²) in [6, 6.07) is 7.26. The quantitative estimate of drug-likeness (QED) is 0.871. The average molecular weight is 275 g/mol. The molecule has 0 spiro atoms. The molecule has 1 aliphatic heterocycles. The van der Waals surface area contributed by atoms with Crippen LogP contribution in [0.3, 0.4) is 0 Å². The second kappa shape index (κ2) is 4.48. The van der Waals surface area contributed by atoms with Crippen LogP contribution >= 0.6 is 11.6 Å². The SMILES string of the molecule is NCC1(Nc2ccccc2Cl)CCS(=O)(=O)C1. The van der Waals surface area contributed by atoms with E-state index in [9.17, 15) is 8.42 Å². The highest BCUT2D eigenvalue weighted by molar-refractivity contribution is 7.91. The highest BCUT2D eigenvalue weighted by Crippen LogP contribution is 2.30. The van der Waals surface area contributed by atoms with Gasteiger partial charge in [-0.25, -0.2) is 8.42 Å². The minimum Gasteiger partial charge on any atom is -0.376 e. The van der Waals surface area contributed by atoms with Gasteiger partial charge < -0.3 is 11.1 Å². The summed E-state index contributed by atoms with van der Waals surface area (Å²) in [5.41, 5.74) is 5.87. The summed E-state index contributed by atoms with van der Waals surface area (Å²) in [7, 11) is -2.98. The van der Waals surface area contributed by atoms with Crippen molar-refractivity contribution in [3.8, 4) is 0 Å². The number of nitrogens with two attached hydrogens (primary N) is 1. The molecule has 3 N–H and O–H groups in total. The molecule has 0 aromatic heterocycles. The number of para-hydroxylation sites is 1. The van der Waals surface area contributed by atoms with Gasteiger partial charge in [0.2, 0.25) is 0 Å². The molecule has 17 heavy (non-hydrogen) atoms. The largest absolute Gasteiger partial charge is 0.376 e. The van der Waals surface area contributed by atoms with Gasteiger partial charge in [0.1, 0.15) is 0 Å². The van der Waals surface area contributed by atoms with E-state index in [1.54, 1.807) is 6.07 Å². The van der Waals surface area contributed by atoms with Crippen molar-refractivity contribution in [2.45, 2.75) is 12.0 Å². The second-order valence-corrected chi connectivity index (χ2v) is 7.02. The van der Waals surface area contributed by atoms with Gasteiger partial charge in [-0.2, -0.15) is 0 Å². The third-order valence-electron chi connectivity index (χ3n) is 3.05. The molecule has 94 valence electrons. The van der Waals surface area contributed by atoms with Crippen molar-refractivity contribution in [2.75, 3.05) is 23.4 Å². The van der Waals surface area contributed by atoms with E-state index < -0.39 is 15.4 Å². The van der Waals surface area contributed by atoms with Crippen LogP contribution in [0.25, 0.3) is 0 Å². The Bertz CT molecular complexity index is 518. The first kappa shape index (κ1) is 12.7. The van der Waals surface area contributed by atoms with Gasteiger partial charge in [0.15, 0.2) is 9.84 Å². The maximum absolute atomic E-state index is 11.6. The Morgan fingerprint density at radius 2 is 2.12 bits per heavy atom. The number of halogens is 1. The van der Waals surface area contributed by atoms with E-state index in [2.05, 4.69) is 5.32 Å². The average Bonchev–Trinajstić information content (AvgIpc) is 2.59. The maximum atomic E-state index is 11.6. The van der Waals surface area contributed by atoms with Crippen LogP contribution in [-0.4, -0.2) is 32.0 Å². The summed E-state index contributed by atoms with van der Waals surface area (Å²) in [6.45, 7) is 0.275. The first-order chi connectivity index (χ1) is 7.96. The number of hydrogen-bond donors (Lipinski definition) is 2. The highest BCUT2D eigenvalue weighted by atomic mass is 35.5. The van der Waals surface area contributed by atoms with Gasteiger partial charge in [0.25, 0.3) is 0 Å². The third-order valence-corrected chi connectivity index (χ3v) is 5.20. The zero-order valence-corrected chi connectivity index (χ0v) is 10.9. The van der Waals surface area contributed by atoms with Gasteiger partial charge in [0.05, 0.1) is 27.8 Å². The summed E-state index contributed by atoms with van der Waals surface area (Å²) in [5, 5.41) is 3.77. The fraction of sp³-hybridized carbons (Fsp3) is 0.455. The van der Waals surface area contributed by atoms with Gasteiger partial charge in [-0.05, 0) is 18.6 Å². The molecule has 0 saturated carbocycles. The molecule has 1 aromatic rings. The normalized spacial score (nSPS) is 26.9. The first-order valence-electron chi connectivity index (χ1n) is 5.40. The lowest BCUT2D eigenvalue weighted by molar-refractivity contribution is 0.534. The summed E-state index contributed by atoms with van der Waals surface area (Å²) < 4.78 is 23.1. The molecular weight excluding hydrogens is 260 g/mol. The molecule has 1 heterocycles. The van der Waals surface area contributed by atoms with E-state index >= 15 is 0 Å². The minimum absolute atomic E-state index is 0.0712. The van der Waals surface area contributed by atoms with Crippen molar-refractivity contribution in [3.63, 3.8) is 0 Å². The van der Waals surface area contributed by atoms with Crippen molar-refractivity contribution in [2.24, 2.45) is 5.73 Å². The van der Waals surface area contributed by atoms with Gasteiger partial charge in [-0.15, -0.1) is 0 Å². The highest BCUT2D eigenvalue weighted by Gasteiger charge is 2.41. The van der Waals surface area contributed by atoms with Crippen LogP contribution in [0, 0.1) is 0 Å². The number of rotatable bonds is 3. The minimum atomic E-state index is -2.98. The molecule has 4 nitrogen and oxygen atoms in total. The topological polar surface area (TPSA) is 72.2 Å². The summed E-state index contributed by atoms with van der Waals surface area (Å²) in [4.78, 5) is 0. The zero-order chi connectivity index (χ0) is 12.5. The predicted octanol–water partition coefficient (Wildman–Crippen LogP) is 1.27. The van der Waals surface area contributed by atoms with Gasteiger partial charge in [-0.3, -0.25) is 0 Å². The number of hydrogen-bond acceptors (Lipinski definition) is 4. The van der Waals surface area contributed by atoms with Gasteiger partial charge >= 0.3 is 0 Å². The lowest BCUT2D eigenvalue weighted by Gasteiger charge is -2.29. The van der Waals surface area contributed by atoms with Crippen LogP contribution in [0.1, 0.15) is 6.42 Å².